The van der Waals surface area contributed by atoms with Gasteiger partial charge >= 0.3 is 5.97 Å². The van der Waals surface area contributed by atoms with Crippen molar-refractivity contribution in [2.45, 2.75) is 13.8 Å². The first kappa shape index (κ1) is 13.8. The molecule has 0 unspecified atom stereocenters. The van der Waals surface area contributed by atoms with Crippen LogP contribution in [0.15, 0.2) is 59.8 Å². The highest BCUT2D eigenvalue weighted by Gasteiger charge is 2.00. The van der Waals surface area contributed by atoms with Gasteiger partial charge in [-0.3, -0.25) is 4.79 Å². The Bertz CT molecular complexity index is 603. The van der Waals surface area contributed by atoms with E-state index in [2.05, 4.69) is 5.16 Å². The van der Waals surface area contributed by atoms with Crippen molar-refractivity contribution in [3.05, 3.63) is 60.2 Å². The lowest BCUT2D eigenvalue weighted by Crippen LogP contribution is -2.01. The molecular formula is C16H15NO3. The van der Waals surface area contributed by atoms with Crippen LogP contribution < -0.4 is 9.57 Å². The molecule has 0 saturated heterocycles. The van der Waals surface area contributed by atoms with Crippen molar-refractivity contribution < 1.29 is 14.4 Å². The molecule has 0 radical (unpaired) electrons. The van der Waals surface area contributed by atoms with Crippen LogP contribution in [0, 0.1) is 0 Å². The van der Waals surface area contributed by atoms with Crippen LogP contribution in [-0.2, 0) is 4.79 Å². The molecule has 0 bridgehead atoms. The van der Waals surface area contributed by atoms with Crippen molar-refractivity contribution in [1.82, 2.24) is 0 Å². The fraction of sp³-hybridized carbons (Fsp3) is 0.125. The standard InChI is InChI=1S/C16H15NO3/c1-12(14-6-4-3-5-7-14)17-20-16-10-8-15(9-11-16)19-13(2)18/h3-11H,1-2H3/b17-12+. The van der Waals surface area contributed by atoms with E-state index in [9.17, 15) is 4.79 Å². The van der Waals surface area contributed by atoms with E-state index in [1.54, 1.807) is 24.3 Å². The molecule has 2 aromatic rings. The maximum Gasteiger partial charge on any atom is 0.308 e. The minimum absolute atomic E-state index is 0.350. The molecule has 0 N–H and O–H groups in total. The Morgan fingerprint density at radius 2 is 1.50 bits per heavy atom. The second kappa shape index (κ2) is 6.52. The second-order valence-electron chi connectivity index (χ2n) is 4.20. The zero-order valence-electron chi connectivity index (χ0n) is 11.4. The molecule has 0 aromatic heterocycles. The smallest absolute Gasteiger partial charge is 0.308 e. The Balaban J connectivity index is 2.02. The van der Waals surface area contributed by atoms with Crippen molar-refractivity contribution in [3.63, 3.8) is 0 Å². The van der Waals surface area contributed by atoms with Crippen molar-refractivity contribution >= 4 is 11.7 Å². The van der Waals surface area contributed by atoms with Gasteiger partial charge in [0.2, 0.25) is 0 Å². The summed E-state index contributed by atoms with van der Waals surface area (Å²) in [6, 6.07) is 16.5. The van der Waals surface area contributed by atoms with E-state index in [1.165, 1.54) is 6.92 Å². The maximum atomic E-state index is 10.8. The summed E-state index contributed by atoms with van der Waals surface area (Å²) in [5.74, 6) is 0.710. The summed E-state index contributed by atoms with van der Waals surface area (Å²) in [6.07, 6.45) is 0. The minimum Gasteiger partial charge on any atom is -0.427 e. The van der Waals surface area contributed by atoms with Gasteiger partial charge in [-0.25, -0.2) is 0 Å². The summed E-state index contributed by atoms with van der Waals surface area (Å²) in [5.41, 5.74) is 1.79. The van der Waals surface area contributed by atoms with Gasteiger partial charge in [0.05, 0.1) is 5.71 Å². The van der Waals surface area contributed by atoms with Gasteiger partial charge in [0.1, 0.15) is 5.75 Å². The van der Waals surface area contributed by atoms with Gasteiger partial charge in [-0.1, -0.05) is 35.5 Å². The maximum absolute atomic E-state index is 10.8. The number of hydrogen-bond acceptors (Lipinski definition) is 4. The number of rotatable bonds is 4. The van der Waals surface area contributed by atoms with E-state index < -0.39 is 0 Å². The quantitative estimate of drug-likeness (QED) is 0.370. The topological polar surface area (TPSA) is 47.9 Å². The van der Waals surface area contributed by atoms with Crippen LogP contribution in [0.1, 0.15) is 19.4 Å². The van der Waals surface area contributed by atoms with Crippen molar-refractivity contribution in [3.8, 4) is 11.5 Å². The number of carbonyl (C=O) groups excluding carboxylic acids is 1. The van der Waals surface area contributed by atoms with E-state index in [0.717, 1.165) is 11.3 Å². The molecule has 0 saturated carbocycles. The Morgan fingerprint density at radius 1 is 0.900 bits per heavy atom. The lowest BCUT2D eigenvalue weighted by atomic mass is 10.1. The van der Waals surface area contributed by atoms with Gasteiger partial charge in [0.25, 0.3) is 0 Å². The molecular weight excluding hydrogens is 254 g/mol. The van der Waals surface area contributed by atoms with E-state index in [-0.39, 0.29) is 5.97 Å². The lowest BCUT2D eigenvalue weighted by Gasteiger charge is -2.03. The summed E-state index contributed by atoms with van der Waals surface area (Å²) in [5, 5.41) is 4.06. The van der Waals surface area contributed by atoms with E-state index >= 15 is 0 Å². The second-order valence-corrected chi connectivity index (χ2v) is 4.20. The number of oxime groups is 1. The molecule has 4 heteroatoms. The molecule has 20 heavy (non-hydrogen) atoms. The van der Waals surface area contributed by atoms with Crippen LogP contribution in [-0.4, -0.2) is 11.7 Å². The first-order chi connectivity index (χ1) is 9.65. The molecule has 0 heterocycles. The molecule has 0 atom stereocenters. The molecule has 0 amide bonds. The molecule has 0 spiro atoms. The number of esters is 1. The molecule has 2 aromatic carbocycles. The average molecular weight is 269 g/mol. The molecule has 0 aliphatic heterocycles. The Morgan fingerprint density at radius 3 is 2.10 bits per heavy atom. The normalized spacial score (nSPS) is 11.0. The lowest BCUT2D eigenvalue weighted by molar-refractivity contribution is -0.131. The molecule has 0 aliphatic rings. The third-order valence-electron chi connectivity index (χ3n) is 2.56. The Kier molecular flexibility index (Phi) is 4.50. The first-order valence-corrected chi connectivity index (χ1v) is 6.20. The summed E-state index contributed by atoms with van der Waals surface area (Å²) in [7, 11) is 0. The van der Waals surface area contributed by atoms with E-state index in [0.29, 0.717) is 11.5 Å². The number of nitrogens with zero attached hydrogens (tertiary/aromatic N) is 1. The Labute approximate surface area is 117 Å². The number of hydrogen-bond donors (Lipinski definition) is 0. The number of ether oxygens (including phenoxy) is 1. The minimum atomic E-state index is -0.350. The molecule has 4 nitrogen and oxygen atoms in total. The van der Waals surface area contributed by atoms with Crippen LogP contribution in [0.2, 0.25) is 0 Å². The number of carbonyl (C=O) groups is 1. The largest absolute Gasteiger partial charge is 0.427 e. The fourth-order valence-electron chi connectivity index (χ4n) is 1.59. The third-order valence-corrected chi connectivity index (χ3v) is 2.56. The van der Waals surface area contributed by atoms with Gasteiger partial charge in [-0.2, -0.15) is 0 Å². The SMILES string of the molecule is CC(=O)Oc1ccc(O/N=C(\C)c2ccccc2)cc1. The average Bonchev–Trinajstić information content (AvgIpc) is 2.46. The predicted molar refractivity (Wildman–Crippen MR) is 77.0 cm³/mol. The van der Waals surface area contributed by atoms with Crippen LogP contribution in [0.3, 0.4) is 0 Å². The molecule has 0 fully saturated rings. The van der Waals surface area contributed by atoms with Crippen LogP contribution in [0.4, 0.5) is 0 Å². The van der Waals surface area contributed by atoms with Gasteiger partial charge in [0, 0.05) is 6.92 Å². The fourth-order valence-corrected chi connectivity index (χ4v) is 1.59. The molecule has 102 valence electrons. The summed E-state index contributed by atoms with van der Waals surface area (Å²) < 4.78 is 4.93. The van der Waals surface area contributed by atoms with Gasteiger partial charge in [0.15, 0.2) is 5.75 Å². The predicted octanol–water partition coefficient (Wildman–Crippen LogP) is 3.41. The first-order valence-electron chi connectivity index (χ1n) is 6.20. The van der Waals surface area contributed by atoms with Crippen molar-refractivity contribution in [2.75, 3.05) is 0 Å². The van der Waals surface area contributed by atoms with Crippen molar-refractivity contribution in [2.24, 2.45) is 5.16 Å². The van der Waals surface area contributed by atoms with Crippen LogP contribution in [0.5, 0.6) is 11.5 Å². The van der Waals surface area contributed by atoms with Crippen LogP contribution in [0.25, 0.3) is 0 Å². The van der Waals surface area contributed by atoms with Gasteiger partial charge < -0.3 is 9.57 Å². The highest BCUT2D eigenvalue weighted by atomic mass is 16.6. The van der Waals surface area contributed by atoms with E-state index in [1.807, 2.05) is 37.3 Å². The van der Waals surface area contributed by atoms with Crippen molar-refractivity contribution in [1.29, 1.82) is 0 Å². The summed E-state index contributed by atoms with van der Waals surface area (Å²) in [6.45, 7) is 3.24. The Hall–Kier alpha value is -2.62. The highest BCUT2D eigenvalue weighted by molar-refractivity contribution is 5.98. The molecule has 0 aliphatic carbocycles. The zero-order valence-corrected chi connectivity index (χ0v) is 11.4. The third kappa shape index (κ3) is 3.95. The van der Waals surface area contributed by atoms with Gasteiger partial charge in [-0.15, -0.1) is 0 Å². The highest BCUT2D eigenvalue weighted by Crippen LogP contribution is 2.18. The monoisotopic (exact) mass is 269 g/mol. The van der Waals surface area contributed by atoms with E-state index in [4.69, 9.17) is 9.57 Å². The molecule has 2 rings (SSSR count). The van der Waals surface area contributed by atoms with Crippen LogP contribution >= 0.6 is 0 Å². The summed E-state index contributed by atoms with van der Waals surface area (Å²) >= 11 is 0. The number of benzene rings is 2. The summed E-state index contributed by atoms with van der Waals surface area (Å²) in [4.78, 5) is 16.1. The van der Waals surface area contributed by atoms with Gasteiger partial charge in [-0.05, 0) is 36.8 Å². The zero-order chi connectivity index (χ0) is 14.4.